The van der Waals surface area contributed by atoms with Gasteiger partial charge in [0.1, 0.15) is 0 Å². The van der Waals surface area contributed by atoms with Crippen molar-refractivity contribution in [3.8, 4) is 0 Å². The summed E-state index contributed by atoms with van der Waals surface area (Å²) in [7, 11) is -4.67. The van der Waals surface area contributed by atoms with Crippen LogP contribution in [0.5, 0.6) is 0 Å². The van der Waals surface area contributed by atoms with E-state index in [1.54, 1.807) is 6.92 Å². The minimum Gasteiger partial charge on any atom is -0.393 e. The zero-order valence-corrected chi connectivity index (χ0v) is 25.1. The molecule has 4 unspecified atom stereocenters. The molecule has 6 N–H and O–H groups in total. The molecular formula is C29H50O9S. The van der Waals surface area contributed by atoms with Crippen molar-refractivity contribution in [2.75, 3.05) is 6.61 Å². The number of aliphatic hydroxyl groups is 5. The molecular weight excluding hydrogens is 524 g/mol. The summed E-state index contributed by atoms with van der Waals surface area (Å²) >= 11 is 0. The Hall–Kier alpha value is -0.590. The summed E-state index contributed by atoms with van der Waals surface area (Å²) in [6.07, 6.45) is 4.33. The number of fused-ring (bicyclic) bond motifs is 5. The Labute approximate surface area is 233 Å². The maximum atomic E-state index is 11.7. The largest absolute Gasteiger partial charge is 0.397 e. The summed E-state index contributed by atoms with van der Waals surface area (Å²) in [5, 5.41) is 55.6. The van der Waals surface area contributed by atoms with Crippen molar-refractivity contribution in [3.63, 3.8) is 0 Å². The number of hydrogen-bond acceptors (Lipinski definition) is 8. The van der Waals surface area contributed by atoms with Crippen LogP contribution in [-0.2, 0) is 14.6 Å². The number of aliphatic hydroxyl groups excluding tert-OH is 3. The van der Waals surface area contributed by atoms with E-state index in [0.29, 0.717) is 25.7 Å². The summed E-state index contributed by atoms with van der Waals surface area (Å²) in [6, 6.07) is 0. The van der Waals surface area contributed by atoms with Gasteiger partial charge in [-0.05, 0) is 87.4 Å². The Morgan fingerprint density at radius 3 is 2.38 bits per heavy atom. The molecule has 4 rings (SSSR count). The fourth-order valence-electron chi connectivity index (χ4n) is 9.67. The zero-order valence-electron chi connectivity index (χ0n) is 24.2. The zero-order chi connectivity index (χ0) is 29.3. The predicted molar refractivity (Wildman–Crippen MR) is 146 cm³/mol. The average Bonchev–Trinajstić information content (AvgIpc) is 3.09. The molecule has 0 aromatic carbocycles. The van der Waals surface area contributed by atoms with E-state index >= 15 is 0 Å². The third-order valence-electron chi connectivity index (χ3n) is 12.2. The van der Waals surface area contributed by atoms with Gasteiger partial charge >= 0.3 is 10.4 Å². The smallest absolute Gasteiger partial charge is 0.393 e. The van der Waals surface area contributed by atoms with E-state index in [2.05, 4.69) is 31.0 Å². The molecule has 0 aromatic rings. The fraction of sp³-hybridized carbons (Fsp3) is 0.931. The third kappa shape index (κ3) is 5.26. The molecule has 4 fully saturated rings. The molecule has 4 saturated carbocycles. The lowest BCUT2D eigenvalue weighted by Gasteiger charge is -2.65. The second-order valence-electron chi connectivity index (χ2n) is 14.3. The van der Waals surface area contributed by atoms with Crippen LogP contribution < -0.4 is 0 Å². The minimum absolute atomic E-state index is 0.0102. The van der Waals surface area contributed by atoms with Crippen molar-refractivity contribution >= 4 is 10.4 Å². The highest BCUT2D eigenvalue weighted by Crippen LogP contribution is 2.69. The van der Waals surface area contributed by atoms with Gasteiger partial charge in [0, 0.05) is 17.8 Å². The van der Waals surface area contributed by atoms with E-state index in [1.165, 1.54) is 6.92 Å². The maximum Gasteiger partial charge on any atom is 0.397 e. The van der Waals surface area contributed by atoms with Gasteiger partial charge in [-0.2, -0.15) is 8.42 Å². The summed E-state index contributed by atoms with van der Waals surface area (Å²) in [5.41, 5.74) is -2.65. The Morgan fingerprint density at radius 2 is 1.77 bits per heavy atom. The molecule has 226 valence electrons. The minimum atomic E-state index is -4.67. The molecule has 0 aromatic heterocycles. The number of allylic oxidation sites excluding steroid dienone is 1. The van der Waals surface area contributed by atoms with Gasteiger partial charge in [0.2, 0.25) is 0 Å². The van der Waals surface area contributed by atoms with Crippen LogP contribution in [0.4, 0.5) is 0 Å². The first-order valence-electron chi connectivity index (χ1n) is 14.6. The van der Waals surface area contributed by atoms with E-state index < -0.39 is 57.9 Å². The Bertz CT molecular complexity index is 1060. The van der Waals surface area contributed by atoms with Crippen LogP contribution in [0.1, 0.15) is 86.5 Å². The van der Waals surface area contributed by atoms with Crippen molar-refractivity contribution in [3.05, 3.63) is 11.6 Å². The normalized spacial score (nSPS) is 47.9. The Balaban J connectivity index is 1.56. The van der Waals surface area contributed by atoms with E-state index in [9.17, 15) is 34.0 Å². The van der Waals surface area contributed by atoms with Crippen molar-refractivity contribution in [2.24, 2.45) is 46.3 Å². The van der Waals surface area contributed by atoms with Crippen LogP contribution in [0.2, 0.25) is 0 Å². The van der Waals surface area contributed by atoms with Gasteiger partial charge in [-0.1, -0.05) is 39.3 Å². The quantitative estimate of drug-likeness (QED) is 0.198. The van der Waals surface area contributed by atoms with Gasteiger partial charge in [-0.15, -0.1) is 0 Å². The highest BCUT2D eigenvalue weighted by atomic mass is 32.3. The van der Waals surface area contributed by atoms with Gasteiger partial charge in [-0.3, -0.25) is 4.55 Å². The molecule has 0 amide bonds. The predicted octanol–water partition coefficient (Wildman–Crippen LogP) is 2.85. The first-order valence-corrected chi connectivity index (χ1v) is 15.9. The van der Waals surface area contributed by atoms with Crippen molar-refractivity contribution in [1.82, 2.24) is 0 Å². The van der Waals surface area contributed by atoms with Gasteiger partial charge in [0.05, 0.1) is 36.1 Å². The molecule has 0 spiro atoms. The van der Waals surface area contributed by atoms with Crippen molar-refractivity contribution < 1.29 is 42.7 Å². The van der Waals surface area contributed by atoms with Crippen LogP contribution in [0.3, 0.4) is 0 Å². The highest BCUT2D eigenvalue weighted by molar-refractivity contribution is 7.80. The molecule has 0 heterocycles. The summed E-state index contributed by atoms with van der Waals surface area (Å²) in [6.45, 7) is 11.0. The van der Waals surface area contributed by atoms with Crippen molar-refractivity contribution in [2.45, 2.75) is 116 Å². The summed E-state index contributed by atoms with van der Waals surface area (Å²) < 4.78 is 35.4. The molecule has 0 aliphatic heterocycles. The first-order chi connectivity index (χ1) is 17.8. The monoisotopic (exact) mass is 574 g/mol. The second-order valence-corrected chi connectivity index (χ2v) is 15.4. The lowest BCUT2D eigenvalue weighted by molar-refractivity contribution is -0.268. The molecule has 13 atom stereocenters. The lowest BCUT2D eigenvalue weighted by Crippen LogP contribution is -2.69. The van der Waals surface area contributed by atoms with E-state index in [1.807, 2.05) is 6.92 Å². The topological polar surface area (TPSA) is 165 Å². The van der Waals surface area contributed by atoms with E-state index in [0.717, 1.165) is 18.4 Å². The molecule has 4 aliphatic rings. The van der Waals surface area contributed by atoms with Crippen LogP contribution >= 0.6 is 0 Å². The molecule has 0 radical (unpaired) electrons. The maximum absolute atomic E-state index is 11.7. The fourth-order valence-corrected chi connectivity index (χ4v) is 10.1. The van der Waals surface area contributed by atoms with Crippen LogP contribution in [-0.4, -0.2) is 74.6 Å². The number of rotatable bonds is 7. The summed E-state index contributed by atoms with van der Waals surface area (Å²) in [5.74, 6) is 0.0182. The van der Waals surface area contributed by atoms with Gasteiger partial charge in [0.25, 0.3) is 0 Å². The SMILES string of the molecule is C/C(=C\[C@@H](C)[C@H]1CC(O)C2C3C[C@@H](O)[C@@]4(O)C[C@@H](O)CC[C@]4(C)C3CC[C@@]21C)[C@H](C)[C@](C)(O)COS(=O)(=O)O. The second kappa shape index (κ2) is 10.3. The molecule has 4 aliphatic carbocycles. The van der Waals surface area contributed by atoms with E-state index in [-0.39, 0.29) is 41.4 Å². The average molecular weight is 575 g/mol. The standard InChI is InChI=1S/C29H50O9S/c1-16(18(3)28(6,33)15-38-39(35,36)37)11-17(2)22-13-23(31)25-20-12-24(32)29(34)14-19(30)7-10-27(29,5)21(20)8-9-26(22,25)4/h11,17-25,30-34H,7-10,12-15H2,1-6H3,(H,35,36,37)/b16-11+/t17-,18+,19+,20?,21?,22-,23?,24-,25?,26-,27-,28-,29+/m1/s1. The summed E-state index contributed by atoms with van der Waals surface area (Å²) in [4.78, 5) is 0. The highest BCUT2D eigenvalue weighted by Gasteiger charge is 2.68. The number of hydrogen-bond donors (Lipinski definition) is 6. The van der Waals surface area contributed by atoms with Gasteiger partial charge < -0.3 is 25.5 Å². The molecule has 0 saturated heterocycles. The van der Waals surface area contributed by atoms with Crippen LogP contribution in [0.25, 0.3) is 0 Å². The van der Waals surface area contributed by atoms with Crippen molar-refractivity contribution in [1.29, 1.82) is 0 Å². The van der Waals surface area contributed by atoms with Gasteiger partial charge in [-0.25, -0.2) is 4.18 Å². The first kappa shape index (κ1) is 31.3. The molecule has 9 nitrogen and oxygen atoms in total. The van der Waals surface area contributed by atoms with Gasteiger partial charge in [0.15, 0.2) is 0 Å². The third-order valence-corrected chi connectivity index (χ3v) is 12.6. The molecule has 0 bridgehead atoms. The Kier molecular flexibility index (Phi) is 8.27. The lowest BCUT2D eigenvalue weighted by atomic mass is 9.42. The Morgan fingerprint density at radius 1 is 1.13 bits per heavy atom. The molecule has 10 heteroatoms. The van der Waals surface area contributed by atoms with Crippen LogP contribution in [0.15, 0.2) is 11.6 Å². The van der Waals surface area contributed by atoms with Crippen LogP contribution in [0, 0.1) is 46.3 Å². The van der Waals surface area contributed by atoms with E-state index in [4.69, 9.17) is 4.55 Å². The molecule has 39 heavy (non-hydrogen) atoms.